The summed E-state index contributed by atoms with van der Waals surface area (Å²) in [6.45, 7) is 0. The summed E-state index contributed by atoms with van der Waals surface area (Å²) < 4.78 is 0. The molecule has 2 nitrogen and oxygen atoms in total. The van der Waals surface area contributed by atoms with Crippen LogP contribution < -0.4 is 0 Å². The van der Waals surface area contributed by atoms with E-state index < -0.39 is 0 Å². The van der Waals surface area contributed by atoms with E-state index >= 15 is 0 Å². The second-order valence-electron chi connectivity index (χ2n) is 4.96. The van der Waals surface area contributed by atoms with Gasteiger partial charge in [0.15, 0.2) is 5.78 Å². The van der Waals surface area contributed by atoms with Gasteiger partial charge in [-0.05, 0) is 34.5 Å². The van der Waals surface area contributed by atoms with Crippen LogP contribution in [0.25, 0.3) is 16.8 Å². The molecule has 0 aliphatic heterocycles. The molecular weight excluding hydrogens is 270 g/mol. The minimum absolute atomic E-state index is 0.0267. The smallest absolute Gasteiger partial charge is 0.186 e. The van der Waals surface area contributed by atoms with Crippen molar-refractivity contribution in [1.82, 2.24) is 0 Å². The van der Waals surface area contributed by atoms with E-state index in [9.17, 15) is 4.79 Å². The third kappa shape index (κ3) is 2.79. The van der Waals surface area contributed by atoms with Crippen LogP contribution >= 0.6 is 0 Å². The van der Waals surface area contributed by atoms with Gasteiger partial charge in [0, 0.05) is 5.56 Å². The first-order valence-corrected chi connectivity index (χ1v) is 6.98. The van der Waals surface area contributed by atoms with Gasteiger partial charge in [-0.3, -0.25) is 4.79 Å². The van der Waals surface area contributed by atoms with Crippen molar-refractivity contribution >= 4 is 22.6 Å². The van der Waals surface area contributed by atoms with Crippen molar-refractivity contribution < 1.29 is 4.79 Å². The van der Waals surface area contributed by atoms with E-state index in [1.807, 2.05) is 54.6 Å². The number of benzene rings is 3. The number of carbonyl (C=O) groups is 1. The van der Waals surface area contributed by atoms with Gasteiger partial charge in [-0.25, -0.2) is 0 Å². The van der Waals surface area contributed by atoms with Gasteiger partial charge in [0.05, 0.1) is 11.6 Å². The predicted molar refractivity (Wildman–Crippen MR) is 88.5 cm³/mol. The Labute approximate surface area is 128 Å². The van der Waals surface area contributed by atoms with E-state index in [1.54, 1.807) is 24.3 Å². The molecule has 0 heterocycles. The monoisotopic (exact) mass is 283 g/mol. The van der Waals surface area contributed by atoms with Crippen molar-refractivity contribution in [3.63, 3.8) is 0 Å². The Morgan fingerprint density at radius 3 is 2.41 bits per heavy atom. The number of hydrogen-bond acceptors (Lipinski definition) is 2. The number of carbonyl (C=O) groups excluding carboxylic acids is 1. The quantitative estimate of drug-likeness (QED) is 0.520. The molecule has 3 aromatic rings. The van der Waals surface area contributed by atoms with Crippen LogP contribution in [-0.4, -0.2) is 5.78 Å². The number of nitrogens with zero attached hydrogens (tertiary/aromatic N) is 1. The lowest BCUT2D eigenvalue weighted by Crippen LogP contribution is -1.95. The Morgan fingerprint density at radius 1 is 0.909 bits per heavy atom. The summed E-state index contributed by atoms with van der Waals surface area (Å²) in [6, 6.07) is 22.8. The fourth-order valence-electron chi connectivity index (χ4n) is 2.37. The standard InChI is InChI=1S/C20H13NO/c21-14-16-10-8-15(9-11-16)12-13-20(22)19-7-3-5-17-4-1-2-6-18(17)19/h1-13H. The normalized spacial score (nSPS) is 10.7. The van der Waals surface area contributed by atoms with E-state index in [4.69, 9.17) is 5.26 Å². The van der Waals surface area contributed by atoms with Crippen LogP contribution in [0.5, 0.6) is 0 Å². The van der Waals surface area contributed by atoms with E-state index in [1.165, 1.54) is 0 Å². The second-order valence-corrected chi connectivity index (χ2v) is 4.96. The average Bonchev–Trinajstić information content (AvgIpc) is 2.59. The number of allylic oxidation sites excluding steroid dienone is 1. The summed E-state index contributed by atoms with van der Waals surface area (Å²) in [5, 5.41) is 10.8. The summed E-state index contributed by atoms with van der Waals surface area (Å²) in [5.41, 5.74) is 2.20. The minimum Gasteiger partial charge on any atom is -0.289 e. The molecule has 0 aliphatic carbocycles. The van der Waals surface area contributed by atoms with Crippen molar-refractivity contribution in [3.8, 4) is 6.07 Å². The van der Waals surface area contributed by atoms with E-state index in [-0.39, 0.29) is 5.78 Å². The number of ketones is 1. The molecule has 22 heavy (non-hydrogen) atoms. The highest BCUT2D eigenvalue weighted by Crippen LogP contribution is 2.19. The van der Waals surface area contributed by atoms with Gasteiger partial charge < -0.3 is 0 Å². The molecule has 0 radical (unpaired) electrons. The highest BCUT2D eigenvalue weighted by molar-refractivity contribution is 6.14. The molecule has 0 fully saturated rings. The minimum atomic E-state index is -0.0267. The SMILES string of the molecule is N#Cc1ccc(C=CC(=O)c2cccc3ccccc23)cc1. The van der Waals surface area contributed by atoms with E-state index in [0.717, 1.165) is 16.3 Å². The summed E-state index contributed by atoms with van der Waals surface area (Å²) in [6.07, 6.45) is 3.34. The Morgan fingerprint density at radius 2 is 1.64 bits per heavy atom. The molecule has 0 bridgehead atoms. The lowest BCUT2D eigenvalue weighted by molar-refractivity contribution is 0.104. The van der Waals surface area contributed by atoms with Crippen molar-refractivity contribution in [2.24, 2.45) is 0 Å². The topological polar surface area (TPSA) is 40.9 Å². The molecule has 3 rings (SSSR count). The fourth-order valence-corrected chi connectivity index (χ4v) is 2.37. The zero-order valence-corrected chi connectivity index (χ0v) is 11.9. The number of fused-ring (bicyclic) bond motifs is 1. The average molecular weight is 283 g/mol. The highest BCUT2D eigenvalue weighted by atomic mass is 16.1. The lowest BCUT2D eigenvalue weighted by atomic mass is 10.0. The highest BCUT2D eigenvalue weighted by Gasteiger charge is 2.06. The molecule has 0 amide bonds. The van der Waals surface area contributed by atoms with Crippen LogP contribution in [0.2, 0.25) is 0 Å². The first kappa shape index (κ1) is 13.8. The summed E-state index contributed by atoms with van der Waals surface area (Å²) >= 11 is 0. The number of rotatable bonds is 3. The maximum absolute atomic E-state index is 12.4. The maximum Gasteiger partial charge on any atom is 0.186 e. The van der Waals surface area contributed by atoms with E-state index in [2.05, 4.69) is 6.07 Å². The van der Waals surface area contributed by atoms with Gasteiger partial charge in [-0.2, -0.15) is 5.26 Å². The van der Waals surface area contributed by atoms with Crippen LogP contribution in [0.4, 0.5) is 0 Å². The number of hydrogen-bond donors (Lipinski definition) is 0. The number of nitriles is 1. The molecule has 0 spiro atoms. The van der Waals surface area contributed by atoms with Crippen LogP contribution in [0.3, 0.4) is 0 Å². The van der Waals surface area contributed by atoms with Gasteiger partial charge >= 0.3 is 0 Å². The van der Waals surface area contributed by atoms with Crippen molar-refractivity contribution in [1.29, 1.82) is 5.26 Å². The van der Waals surface area contributed by atoms with Crippen molar-refractivity contribution in [3.05, 3.63) is 89.5 Å². The Kier molecular flexibility index (Phi) is 3.80. The van der Waals surface area contributed by atoms with Gasteiger partial charge in [0.25, 0.3) is 0 Å². The van der Waals surface area contributed by atoms with Gasteiger partial charge in [-0.1, -0.05) is 60.7 Å². The first-order valence-electron chi connectivity index (χ1n) is 6.98. The maximum atomic E-state index is 12.4. The van der Waals surface area contributed by atoms with Gasteiger partial charge in [-0.15, -0.1) is 0 Å². The van der Waals surface area contributed by atoms with Gasteiger partial charge in [0.2, 0.25) is 0 Å². The lowest BCUT2D eigenvalue weighted by Gasteiger charge is -2.02. The predicted octanol–water partition coefficient (Wildman–Crippen LogP) is 4.61. The van der Waals surface area contributed by atoms with Crippen LogP contribution in [0.15, 0.2) is 72.8 Å². The zero-order chi connectivity index (χ0) is 15.4. The largest absolute Gasteiger partial charge is 0.289 e. The third-order valence-electron chi connectivity index (χ3n) is 3.52. The van der Waals surface area contributed by atoms with Gasteiger partial charge in [0.1, 0.15) is 0 Å². The molecule has 2 heteroatoms. The van der Waals surface area contributed by atoms with Crippen molar-refractivity contribution in [2.45, 2.75) is 0 Å². The molecule has 104 valence electrons. The first-order chi connectivity index (χ1) is 10.8. The molecular formula is C20H13NO. The Balaban J connectivity index is 1.90. The molecule has 0 N–H and O–H groups in total. The molecule has 3 aromatic carbocycles. The second kappa shape index (κ2) is 6.07. The molecule has 0 aromatic heterocycles. The van der Waals surface area contributed by atoms with E-state index in [0.29, 0.717) is 11.1 Å². The van der Waals surface area contributed by atoms with Crippen LogP contribution in [-0.2, 0) is 0 Å². The molecule has 0 saturated heterocycles. The zero-order valence-electron chi connectivity index (χ0n) is 11.9. The molecule has 0 atom stereocenters. The third-order valence-corrected chi connectivity index (χ3v) is 3.52. The summed E-state index contributed by atoms with van der Waals surface area (Å²) in [5.74, 6) is -0.0267. The summed E-state index contributed by atoms with van der Waals surface area (Å²) in [7, 11) is 0. The van der Waals surface area contributed by atoms with Crippen molar-refractivity contribution in [2.75, 3.05) is 0 Å². The molecule has 0 unspecified atom stereocenters. The summed E-state index contributed by atoms with van der Waals surface area (Å²) in [4.78, 5) is 12.4. The Hall–Kier alpha value is -3.18. The fraction of sp³-hybridized carbons (Fsp3) is 0. The van der Waals surface area contributed by atoms with Crippen LogP contribution in [0, 0.1) is 11.3 Å². The molecule has 0 saturated carbocycles. The molecule has 0 aliphatic rings. The Bertz CT molecular complexity index is 894. The van der Waals surface area contributed by atoms with Crippen LogP contribution in [0.1, 0.15) is 21.5 Å².